The zero-order valence-electron chi connectivity index (χ0n) is 5.13. The molecule has 0 spiro atoms. The Bertz CT molecular complexity index is 16.1. The zero-order valence-corrected chi connectivity index (χ0v) is 7.30. The second-order valence-corrected chi connectivity index (χ2v) is 1.71. The number of hydrogen-bond donors (Lipinski definition) is 0. The van der Waals surface area contributed by atoms with Gasteiger partial charge in [-0.2, -0.15) is 0 Å². The minimum atomic E-state index is 0. The van der Waals surface area contributed by atoms with Gasteiger partial charge in [0.2, 0.25) is 0 Å². The summed E-state index contributed by atoms with van der Waals surface area (Å²) in [7, 11) is 0. The molecule has 0 aromatic rings. The van der Waals surface area contributed by atoms with Gasteiger partial charge in [0.25, 0.3) is 0 Å². The van der Waals surface area contributed by atoms with Gasteiger partial charge in [-0.1, -0.05) is 39.5 Å². The molecule has 0 bridgehead atoms. The van der Waals surface area contributed by atoms with Gasteiger partial charge in [-0.25, -0.2) is 0 Å². The molecule has 0 fully saturated rings. The van der Waals surface area contributed by atoms with Crippen molar-refractivity contribution < 1.29 is 22.4 Å². The van der Waals surface area contributed by atoms with Crippen LogP contribution in [0.15, 0.2) is 0 Å². The van der Waals surface area contributed by atoms with Crippen molar-refractivity contribution in [2.24, 2.45) is 0 Å². The van der Waals surface area contributed by atoms with Crippen LogP contribution in [0.5, 0.6) is 0 Å². The van der Waals surface area contributed by atoms with E-state index >= 15 is 0 Å². The molecule has 0 nitrogen and oxygen atoms in total. The third kappa shape index (κ3) is 10.8. The predicted octanol–water partition coefficient (Wildman–Crippen LogP) is 2.58. The van der Waals surface area contributed by atoms with Gasteiger partial charge in [0.1, 0.15) is 0 Å². The maximum Gasteiger partial charge on any atom is 0 e. The molecule has 0 aliphatic carbocycles. The van der Waals surface area contributed by atoms with E-state index in [1.165, 1.54) is 25.7 Å². The van der Waals surface area contributed by atoms with Crippen molar-refractivity contribution in [3.63, 3.8) is 0 Å². The summed E-state index contributed by atoms with van der Waals surface area (Å²) < 4.78 is 0. The summed E-state index contributed by atoms with van der Waals surface area (Å²) in [6.07, 6.45) is 5.54. The maximum atomic E-state index is 2.23. The van der Waals surface area contributed by atoms with E-state index in [1.807, 2.05) is 0 Å². The summed E-state index contributed by atoms with van der Waals surface area (Å²) in [6, 6.07) is 0. The molecule has 0 N–H and O–H groups in total. The standard InChI is InChI=1S/C6H14.Au/c1-3-5-6-4-2;/h3-6H2,1-2H3;. The third-order valence-corrected chi connectivity index (χ3v) is 0.957. The molecular weight excluding hydrogens is 269 g/mol. The van der Waals surface area contributed by atoms with E-state index in [0.717, 1.165) is 0 Å². The van der Waals surface area contributed by atoms with Crippen LogP contribution in [0.25, 0.3) is 0 Å². The fourth-order valence-electron chi connectivity index (χ4n) is 0.500. The molecule has 0 aliphatic rings. The first kappa shape index (κ1) is 10.7. The van der Waals surface area contributed by atoms with E-state index in [-0.39, 0.29) is 22.4 Å². The Labute approximate surface area is 62.2 Å². The smallest absolute Gasteiger partial charge is 0 e. The van der Waals surface area contributed by atoms with E-state index in [0.29, 0.717) is 0 Å². The predicted molar refractivity (Wildman–Crippen MR) is 29.8 cm³/mol. The third-order valence-electron chi connectivity index (χ3n) is 0.957. The van der Waals surface area contributed by atoms with Gasteiger partial charge in [0.05, 0.1) is 0 Å². The minimum absolute atomic E-state index is 0. The molecule has 0 aliphatic heterocycles. The fourth-order valence-corrected chi connectivity index (χ4v) is 0.500. The van der Waals surface area contributed by atoms with Crippen molar-refractivity contribution in [1.29, 1.82) is 0 Å². The average molecular weight is 283 g/mol. The molecule has 1 radical (unpaired) electrons. The van der Waals surface area contributed by atoms with Crippen LogP contribution in [0.2, 0.25) is 0 Å². The summed E-state index contributed by atoms with van der Waals surface area (Å²) in [5.74, 6) is 0. The van der Waals surface area contributed by atoms with Crippen LogP contribution in [0.4, 0.5) is 0 Å². The second-order valence-electron chi connectivity index (χ2n) is 1.71. The molecule has 0 saturated heterocycles. The van der Waals surface area contributed by atoms with E-state index < -0.39 is 0 Å². The summed E-state index contributed by atoms with van der Waals surface area (Å²) in [5.41, 5.74) is 0. The molecule has 0 amide bonds. The molecular formula is C6H14Au. The first-order valence-electron chi connectivity index (χ1n) is 2.91. The molecule has 0 heterocycles. The largest absolute Gasteiger partial charge is 0.0654 e. The summed E-state index contributed by atoms with van der Waals surface area (Å²) in [4.78, 5) is 0. The van der Waals surface area contributed by atoms with Gasteiger partial charge in [-0.15, -0.1) is 0 Å². The molecule has 1 heteroatoms. The molecule has 7 heavy (non-hydrogen) atoms. The normalized spacial score (nSPS) is 7.71. The Balaban J connectivity index is 0. The van der Waals surface area contributed by atoms with Crippen LogP contribution >= 0.6 is 0 Å². The summed E-state index contributed by atoms with van der Waals surface area (Å²) in [5, 5.41) is 0. The topological polar surface area (TPSA) is 0 Å². The van der Waals surface area contributed by atoms with Gasteiger partial charge in [0.15, 0.2) is 0 Å². The maximum absolute atomic E-state index is 2.23. The van der Waals surface area contributed by atoms with Crippen LogP contribution in [-0.4, -0.2) is 0 Å². The zero-order chi connectivity index (χ0) is 4.83. The minimum Gasteiger partial charge on any atom is -0.0654 e. The summed E-state index contributed by atoms with van der Waals surface area (Å²) in [6.45, 7) is 4.46. The number of hydrogen-bond acceptors (Lipinski definition) is 0. The monoisotopic (exact) mass is 283 g/mol. The van der Waals surface area contributed by atoms with E-state index in [2.05, 4.69) is 13.8 Å². The van der Waals surface area contributed by atoms with Gasteiger partial charge in [-0.05, 0) is 0 Å². The fraction of sp³-hybridized carbons (Fsp3) is 1.00. The molecule has 0 aromatic heterocycles. The van der Waals surface area contributed by atoms with Gasteiger partial charge in [0, 0.05) is 22.4 Å². The first-order chi connectivity index (χ1) is 2.91. The molecule has 0 saturated carbocycles. The van der Waals surface area contributed by atoms with Crippen molar-refractivity contribution in [3.05, 3.63) is 0 Å². The van der Waals surface area contributed by atoms with E-state index in [1.54, 1.807) is 0 Å². The quantitative estimate of drug-likeness (QED) is 0.551. The molecule has 49 valence electrons. The molecule has 0 aromatic carbocycles. The van der Waals surface area contributed by atoms with Crippen molar-refractivity contribution in [1.82, 2.24) is 0 Å². The molecule has 0 rings (SSSR count). The second kappa shape index (κ2) is 9.88. The Morgan fingerprint density at radius 3 is 1.29 bits per heavy atom. The number of rotatable bonds is 3. The van der Waals surface area contributed by atoms with Gasteiger partial charge in [-0.3, -0.25) is 0 Å². The average Bonchev–Trinajstić information content (AvgIpc) is 1.61. The van der Waals surface area contributed by atoms with Crippen LogP contribution < -0.4 is 0 Å². The van der Waals surface area contributed by atoms with Crippen LogP contribution in [0.3, 0.4) is 0 Å². The Morgan fingerprint density at radius 1 is 0.857 bits per heavy atom. The van der Waals surface area contributed by atoms with Crippen LogP contribution in [-0.2, 0) is 22.4 Å². The van der Waals surface area contributed by atoms with Crippen molar-refractivity contribution in [3.8, 4) is 0 Å². The SMILES string of the molecule is CCCCCC.[Au]. The van der Waals surface area contributed by atoms with Crippen LogP contribution in [0, 0.1) is 0 Å². The van der Waals surface area contributed by atoms with E-state index in [9.17, 15) is 0 Å². The van der Waals surface area contributed by atoms with Gasteiger partial charge < -0.3 is 0 Å². The first-order valence-corrected chi connectivity index (χ1v) is 2.91. The number of unbranched alkanes of at least 4 members (excludes halogenated alkanes) is 3. The Hall–Kier alpha value is 0.740. The summed E-state index contributed by atoms with van der Waals surface area (Å²) >= 11 is 0. The Kier molecular flexibility index (Phi) is 15.1. The van der Waals surface area contributed by atoms with Crippen molar-refractivity contribution in [2.45, 2.75) is 39.5 Å². The van der Waals surface area contributed by atoms with Crippen LogP contribution in [0.1, 0.15) is 39.5 Å². The van der Waals surface area contributed by atoms with E-state index in [4.69, 9.17) is 0 Å². The molecule has 0 unspecified atom stereocenters. The van der Waals surface area contributed by atoms with Gasteiger partial charge >= 0.3 is 0 Å². The molecule has 0 atom stereocenters. The van der Waals surface area contributed by atoms with Crippen molar-refractivity contribution >= 4 is 0 Å². The Morgan fingerprint density at radius 2 is 1.14 bits per heavy atom. The van der Waals surface area contributed by atoms with Crippen molar-refractivity contribution in [2.75, 3.05) is 0 Å².